The highest BCUT2D eigenvalue weighted by Crippen LogP contribution is 2.42. The number of hydrogen-bond acceptors (Lipinski definition) is 4. The normalized spacial score (nSPS) is 14.6. The molecule has 4 rings (SSSR count). The second-order valence-electron chi connectivity index (χ2n) is 6.08. The van der Waals surface area contributed by atoms with Crippen molar-refractivity contribution < 1.29 is 22.6 Å². The van der Waals surface area contributed by atoms with Crippen LogP contribution in [0.4, 0.5) is 13.2 Å². The van der Waals surface area contributed by atoms with Gasteiger partial charge in [0.05, 0.1) is 0 Å². The van der Waals surface area contributed by atoms with Gasteiger partial charge in [-0.1, -0.05) is 11.6 Å². The van der Waals surface area contributed by atoms with Gasteiger partial charge in [0.1, 0.15) is 24.4 Å². The Hall–Kier alpha value is -2.48. The van der Waals surface area contributed by atoms with E-state index < -0.39 is 12.1 Å². The van der Waals surface area contributed by atoms with Gasteiger partial charge in [-0.05, 0) is 48.1 Å². The van der Waals surface area contributed by atoms with Gasteiger partial charge in [0.2, 0.25) is 0 Å². The maximum Gasteiger partial charge on any atom is 0.573 e. The molecule has 0 saturated heterocycles. The molecular weight excluding hydrogens is 371 g/mol. The van der Waals surface area contributed by atoms with Crippen LogP contribution in [-0.4, -0.2) is 21.0 Å². The summed E-state index contributed by atoms with van der Waals surface area (Å²) >= 11 is 5.87. The highest BCUT2D eigenvalue weighted by Gasteiger charge is 2.31. The van der Waals surface area contributed by atoms with Crippen LogP contribution in [0, 0.1) is 0 Å². The predicted molar refractivity (Wildman–Crippen MR) is 87.4 cm³/mol. The fourth-order valence-electron chi connectivity index (χ4n) is 2.79. The fourth-order valence-corrected chi connectivity index (χ4v) is 3.00. The Labute approximate surface area is 151 Å². The van der Waals surface area contributed by atoms with E-state index in [4.69, 9.17) is 16.3 Å². The summed E-state index contributed by atoms with van der Waals surface area (Å²) in [6.07, 6.45) is 1.01. The maximum atomic E-state index is 12.4. The molecule has 2 aromatic heterocycles. The Kier molecular flexibility index (Phi) is 4.14. The van der Waals surface area contributed by atoms with Crippen LogP contribution in [-0.2, 0) is 6.61 Å². The number of benzene rings is 1. The topological polar surface area (TPSA) is 48.7 Å². The molecule has 0 aliphatic heterocycles. The first-order valence-corrected chi connectivity index (χ1v) is 8.26. The molecule has 3 aromatic rings. The van der Waals surface area contributed by atoms with Crippen molar-refractivity contribution in [1.29, 1.82) is 0 Å². The zero-order valence-corrected chi connectivity index (χ0v) is 14.1. The molecule has 1 aliphatic rings. The summed E-state index contributed by atoms with van der Waals surface area (Å²) in [6, 6.07) is 5.56. The monoisotopic (exact) mass is 383 g/mol. The van der Waals surface area contributed by atoms with Crippen LogP contribution in [0.25, 0.3) is 5.65 Å². The molecule has 1 aliphatic carbocycles. The van der Waals surface area contributed by atoms with Gasteiger partial charge in [-0.15, -0.1) is 23.4 Å². The third kappa shape index (κ3) is 3.85. The Morgan fingerprint density at radius 2 is 1.92 bits per heavy atom. The lowest BCUT2D eigenvalue weighted by Gasteiger charge is -2.14. The number of halogens is 4. The molecular formula is C17H13ClF3N3O2. The second-order valence-corrected chi connectivity index (χ2v) is 6.52. The Bertz CT molecular complexity index is 954. The van der Waals surface area contributed by atoms with Crippen LogP contribution < -0.4 is 9.47 Å². The van der Waals surface area contributed by atoms with Gasteiger partial charge in [-0.25, -0.2) is 0 Å². The van der Waals surface area contributed by atoms with E-state index in [2.05, 4.69) is 14.9 Å². The molecule has 0 spiro atoms. The first-order valence-electron chi connectivity index (χ1n) is 7.89. The third-order valence-corrected chi connectivity index (χ3v) is 4.26. The average Bonchev–Trinajstić information content (AvgIpc) is 3.28. The fraction of sp³-hybridized carbons (Fsp3) is 0.294. The van der Waals surface area contributed by atoms with Crippen molar-refractivity contribution in [2.24, 2.45) is 0 Å². The first-order chi connectivity index (χ1) is 12.4. The highest BCUT2D eigenvalue weighted by atomic mass is 35.5. The van der Waals surface area contributed by atoms with E-state index in [-0.39, 0.29) is 17.4 Å². The SMILES string of the molecule is FC(F)(F)Oc1cc(Cl)cc(OCc2cc3nncn3cc2C2CC2)c1. The van der Waals surface area contributed by atoms with Crippen molar-refractivity contribution >= 4 is 17.2 Å². The molecule has 0 N–H and O–H groups in total. The van der Waals surface area contributed by atoms with Crippen molar-refractivity contribution in [3.05, 3.63) is 52.9 Å². The Morgan fingerprint density at radius 3 is 2.65 bits per heavy atom. The molecule has 5 nitrogen and oxygen atoms in total. The minimum absolute atomic E-state index is 0.0945. The van der Waals surface area contributed by atoms with E-state index in [9.17, 15) is 13.2 Å². The maximum absolute atomic E-state index is 12.4. The number of nitrogens with zero attached hydrogens (tertiary/aromatic N) is 3. The molecule has 26 heavy (non-hydrogen) atoms. The van der Waals surface area contributed by atoms with E-state index in [1.54, 1.807) is 6.33 Å². The summed E-state index contributed by atoms with van der Waals surface area (Å²) in [6.45, 7) is 0.182. The number of alkyl halides is 3. The van der Waals surface area contributed by atoms with Crippen molar-refractivity contribution in [2.45, 2.75) is 31.7 Å². The van der Waals surface area contributed by atoms with E-state index in [1.165, 1.54) is 6.07 Å². The first kappa shape index (κ1) is 17.0. The van der Waals surface area contributed by atoms with Gasteiger partial charge in [0.25, 0.3) is 0 Å². The number of fused-ring (bicyclic) bond motifs is 1. The molecule has 2 heterocycles. The minimum Gasteiger partial charge on any atom is -0.489 e. The summed E-state index contributed by atoms with van der Waals surface area (Å²) in [5, 5.41) is 7.98. The van der Waals surface area contributed by atoms with Crippen LogP contribution in [0.1, 0.15) is 29.9 Å². The van der Waals surface area contributed by atoms with Crippen LogP contribution >= 0.6 is 11.6 Å². The summed E-state index contributed by atoms with van der Waals surface area (Å²) in [4.78, 5) is 0. The largest absolute Gasteiger partial charge is 0.573 e. The Morgan fingerprint density at radius 1 is 1.15 bits per heavy atom. The standard InChI is InChI=1S/C17H13ClF3N3O2/c18-12-4-13(6-14(5-12)26-17(19,20)21)25-8-11-3-16-23-22-9-24(16)7-15(11)10-1-2-10/h3-7,9-10H,1-2,8H2. The van der Waals surface area contributed by atoms with Gasteiger partial charge in [-0.3, -0.25) is 4.40 Å². The van der Waals surface area contributed by atoms with E-state index in [0.717, 1.165) is 36.1 Å². The molecule has 0 bridgehead atoms. The number of pyridine rings is 1. The van der Waals surface area contributed by atoms with Crippen LogP contribution in [0.3, 0.4) is 0 Å². The lowest BCUT2D eigenvalue weighted by Crippen LogP contribution is -2.17. The van der Waals surface area contributed by atoms with E-state index in [0.29, 0.717) is 11.6 Å². The lowest BCUT2D eigenvalue weighted by atomic mass is 10.1. The average molecular weight is 384 g/mol. The number of ether oxygens (including phenoxy) is 2. The molecule has 0 unspecified atom stereocenters. The molecule has 1 fully saturated rings. The summed E-state index contributed by atoms with van der Waals surface area (Å²) < 4.78 is 48.6. The molecule has 0 radical (unpaired) electrons. The number of aromatic nitrogens is 3. The van der Waals surface area contributed by atoms with Gasteiger partial charge in [-0.2, -0.15) is 0 Å². The van der Waals surface area contributed by atoms with Gasteiger partial charge >= 0.3 is 6.36 Å². The van der Waals surface area contributed by atoms with E-state index >= 15 is 0 Å². The summed E-state index contributed by atoms with van der Waals surface area (Å²) in [5.74, 6) is 0.235. The van der Waals surface area contributed by atoms with Crippen LogP contribution in [0.15, 0.2) is 36.8 Å². The molecule has 1 aromatic carbocycles. The molecule has 1 saturated carbocycles. The predicted octanol–water partition coefficient (Wildman–Crippen LogP) is 4.74. The zero-order chi connectivity index (χ0) is 18.3. The van der Waals surface area contributed by atoms with Crippen molar-refractivity contribution in [3.8, 4) is 11.5 Å². The zero-order valence-electron chi connectivity index (χ0n) is 13.3. The quantitative estimate of drug-likeness (QED) is 0.638. The van der Waals surface area contributed by atoms with Crippen molar-refractivity contribution in [3.63, 3.8) is 0 Å². The van der Waals surface area contributed by atoms with Crippen molar-refractivity contribution in [1.82, 2.24) is 14.6 Å². The minimum atomic E-state index is -4.79. The smallest absolute Gasteiger partial charge is 0.489 e. The third-order valence-electron chi connectivity index (χ3n) is 4.04. The molecule has 0 amide bonds. The second kappa shape index (κ2) is 6.35. The molecule has 9 heteroatoms. The number of rotatable bonds is 5. The molecule has 136 valence electrons. The van der Waals surface area contributed by atoms with Gasteiger partial charge in [0, 0.05) is 17.3 Å². The van der Waals surface area contributed by atoms with Crippen LogP contribution in [0.5, 0.6) is 11.5 Å². The Balaban J connectivity index is 1.57. The molecule has 0 atom stereocenters. The highest BCUT2D eigenvalue weighted by molar-refractivity contribution is 6.30. The van der Waals surface area contributed by atoms with Gasteiger partial charge < -0.3 is 9.47 Å². The van der Waals surface area contributed by atoms with Gasteiger partial charge in [0.15, 0.2) is 5.65 Å². The van der Waals surface area contributed by atoms with Crippen molar-refractivity contribution in [2.75, 3.05) is 0 Å². The summed E-state index contributed by atoms with van der Waals surface area (Å²) in [7, 11) is 0. The van der Waals surface area contributed by atoms with Crippen LogP contribution in [0.2, 0.25) is 5.02 Å². The lowest BCUT2D eigenvalue weighted by molar-refractivity contribution is -0.274. The number of hydrogen-bond donors (Lipinski definition) is 0. The summed E-state index contributed by atoms with van der Waals surface area (Å²) in [5.41, 5.74) is 2.73. The van der Waals surface area contributed by atoms with E-state index in [1.807, 2.05) is 16.7 Å².